The third-order valence-electron chi connectivity index (χ3n) is 2.96. The fraction of sp³-hybridized carbons (Fsp3) is 0.133. The summed E-state index contributed by atoms with van der Waals surface area (Å²) in [6.45, 7) is 1.83. The van der Waals surface area contributed by atoms with Crippen molar-refractivity contribution < 1.29 is 9.18 Å². The largest absolute Gasteiger partial charge is 0.396 e. The number of carbonyl (C=O) groups is 1. The number of carbonyl (C=O) groups excluding carboxylic acids is 1. The van der Waals surface area contributed by atoms with Gasteiger partial charge in [0.1, 0.15) is 5.82 Å². The molecule has 0 radical (unpaired) electrons. The molecule has 0 saturated carbocycles. The zero-order valence-corrected chi connectivity index (χ0v) is 11.6. The summed E-state index contributed by atoms with van der Waals surface area (Å²) in [5.74, 6) is -0.968. The highest BCUT2D eigenvalue weighted by molar-refractivity contribution is 6.30. The highest BCUT2D eigenvalue weighted by Gasteiger charge is 2.13. The number of nitrogens with one attached hydrogen (secondary N) is 1. The lowest BCUT2D eigenvalue weighted by atomic mass is 10.1. The van der Waals surface area contributed by atoms with Gasteiger partial charge in [-0.25, -0.2) is 4.39 Å². The minimum Gasteiger partial charge on any atom is -0.396 e. The average Bonchev–Trinajstić information content (AvgIpc) is 2.41. The van der Waals surface area contributed by atoms with Crippen LogP contribution in [0.15, 0.2) is 42.5 Å². The molecule has 2 aromatic rings. The van der Waals surface area contributed by atoms with Gasteiger partial charge in [0, 0.05) is 10.6 Å². The fourth-order valence-electron chi connectivity index (χ4n) is 1.81. The third-order valence-corrected chi connectivity index (χ3v) is 3.19. The Morgan fingerprint density at radius 3 is 2.70 bits per heavy atom. The minimum atomic E-state index is -0.604. The van der Waals surface area contributed by atoms with E-state index in [1.165, 1.54) is 12.1 Å². The molecule has 0 aliphatic heterocycles. The summed E-state index contributed by atoms with van der Waals surface area (Å²) < 4.78 is 13.3. The number of nitrogens with two attached hydrogens (primary N) is 1. The van der Waals surface area contributed by atoms with E-state index in [9.17, 15) is 9.18 Å². The number of rotatable bonds is 3. The molecule has 0 aromatic heterocycles. The summed E-state index contributed by atoms with van der Waals surface area (Å²) in [6, 6.07) is 10.9. The quantitative estimate of drug-likeness (QED) is 0.850. The van der Waals surface area contributed by atoms with Crippen molar-refractivity contribution in [1.82, 2.24) is 5.32 Å². The Bertz CT molecular complexity index is 646. The van der Waals surface area contributed by atoms with Crippen LogP contribution in [0.2, 0.25) is 5.02 Å². The van der Waals surface area contributed by atoms with E-state index in [2.05, 4.69) is 5.32 Å². The molecule has 20 heavy (non-hydrogen) atoms. The van der Waals surface area contributed by atoms with Gasteiger partial charge in [0.25, 0.3) is 5.91 Å². The van der Waals surface area contributed by atoms with Gasteiger partial charge in [-0.1, -0.05) is 23.7 Å². The lowest BCUT2D eigenvalue weighted by Crippen LogP contribution is -2.26. The lowest BCUT2D eigenvalue weighted by Gasteiger charge is -2.15. The standard InChI is InChI=1S/C15H14ClFN2O/c1-9(10-3-2-4-12(16)7-10)19-15(20)11-5-6-14(18)13(17)8-11/h2-9H,18H2,1H3,(H,19,20). The van der Waals surface area contributed by atoms with E-state index in [0.29, 0.717) is 5.02 Å². The van der Waals surface area contributed by atoms with Crippen LogP contribution in [0.4, 0.5) is 10.1 Å². The van der Waals surface area contributed by atoms with E-state index in [-0.39, 0.29) is 23.2 Å². The molecule has 1 amide bonds. The topological polar surface area (TPSA) is 55.1 Å². The van der Waals surface area contributed by atoms with Crippen molar-refractivity contribution >= 4 is 23.2 Å². The Kier molecular flexibility index (Phi) is 4.25. The number of nitrogen functional groups attached to an aromatic ring is 1. The van der Waals surface area contributed by atoms with Crippen molar-refractivity contribution in [2.75, 3.05) is 5.73 Å². The van der Waals surface area contributed by atoms with Crippen LogP contribution in [0.25, 0.3) is 0 Å². The van der Waals surface area contributed by atoms with Crippen LogP contribution in [0, 0.1) is 5.82 Å². The van der Waals surface area contributed by atoms with E-state index < -0.39 is 5.82 Å². The van der Waals surface area contributed by atoms with Crippen LogP contribution in [-0.2, 0) is 0 Å². The molecule has 0 fully saturated rings. The molecule has 0 saturated heterocycles. The monoisotopic (exact) mass is 292 g/mol. The number of amides is 1. The Hall–Kier alpha value is -2.07. The molecule has 0 spiro atoms. The van der Waals surface area contributed by atoms with Crippen molar-refractivity contribution in [3.8, 4) is 0 Å². The highest BCUT2D eigenvalue weighted by atomic mass is 35.5. The van der Waals surface area contributed by atoms with Gasteiger partial charge in [0.15, 0.2) is 0 Å². The zero-order valence-electron chi connectivity index (χ0n) is 10.9. The van der Waals surface area contributed by atoms with Crippen molar-refractivity contribution in [2.45, 2.75) is 13.0 Å². The summed E-state index contributed by atoms with van der Waals surface area (Å²) in [5.41, 5.74) is 6.50. The van der Waals surface area contributed by atoms with Crippen LogP contribution in [-0.4, -0.2) is 5.91 Å². The smallest absolute Gasteiger partial charge is 0.251 e. The molecule has 2 aromatic carbocycles. The first-order chi connectivity index (χ1) is 9.47. The van der Waals surface area contributed by atoms with Crippen LogP contribution in [0.1, 0.15) is 28.9 Å². The Morgan fingerprint density at radius 2 is 2.05 bits per heavy atom. The summed E-state index contributed by atoms with van der Waals surface area (Å²) >= 11 is 5.90. The number of hydrogen-bond donors (Lipinski definition) is 2. The van der Waals surface area contributed by atoms with Gasteiger partial charge in [0.05, 0.1) is 11.7 Å². The zero-order chi connectivity index (χ0) is 14.7. The molecule has 0 aliphatic carbocycles. The second-order valence-corrected chi connectivity index (χ2v) is 4.92. The van der Waals surface area contributed by atoms with E-state index in [4.69, 9.17) is 17.3 Å². The van der Waals surface area contributed by atoms with Crippen molar-refractivity contribution in [3.63, 3.8) is 0 Å². The average molecular weight is 293 g/mol. The van der Waals surface area contributed by atoms with Crippen LogP contribution >= 0.6 is 11.6 Å². The molecule has 3 N–H and O–H groups in total. The molecule has 3 nitrogen and oxygen atoms in total. The highest BCUT2D eigenvalue weighted by Crippen LogP contribution is 2.18. The normalized spacial score (nSPS) is 11.9. The molecule has 104 valence electrons. The predicted octanol–water partition coefficient (Wildman–Crippen LogP) is 3.55. The molecular weight excluding hydrogens is 279 g/mol. The van der Waals surface area contributed by atoms with Crippen molar-refractivity contribution in [1.29, 1.82) is 0 Å². The van der Waals surface area contributed by atoms with Gasteiger partial charge in [-0.05, 0) is 42.8 Å². The molecule has 2 rings (SSSR count). The Morgan fingerprint density at radius 1 is 1.30 bits per heavy atom. The maximum atomic E-state index is 13.3. The number of benzene rings is 2. The second kappa shape index (κ2) is 5.92. The van der Waals surface area contributed by atoms with Crippen LogP contribution in [0.5, 0.6) is 0 Å². The van der Waals surface area contributed by atoms with Gasteiger partial charge < -0.3 is 11.1 Å². The SMILES string of the molecule is CC(NC(=O)c1ccc(N)c(F)c1)c1cccc(Cl)c1. The molecule has 5 heteroatoms. The van der Waals surface area contributed by atoms with Crippen molar-refractivity contribution in [3.05, 3.63) is 64.4 Å². The van der Waals surface area contributed by atoms with E-state index >= 15 is 0 Å². The minimum absolute atomic E-state index is 0.0180. The van der Waals surface area contributed by atoms with E-state index in [1.54, 1.807) is 12.1 Å². The predicted molar refractivity (Wildman–Crippen MR) is 78.1 cm³/mol. The first-order valence-corrected chi connectivity index (χ1v) is 6.46. The molecule has 1 atom stereocenters. The van der Waals surface area contributed by atoms with Gasteiger partial charge in [-0.3, -0.25) is 4.79 Å². The van der Waals surface area contributed by atoms with E-state index in [0.717, 1.165) is 11.6 Å². The maximum absolute atomic E-state index is 13.3. The molecule has 0 aliphatic rings. The summed E-state index contributed by atoms with van der Waals surface area (Å²) in [6.07, 6.45) is 0. The first kappa shape index (κ1) is 14.3. The van der Waals surface area contributed by atoms with Gasteiger partial charge in [-0.2, -0.15) is 0 Å². The molecule has 0 heterocycles. The summed E-state index contributed by atoms with van der Waals surface area (Å²) in [4.78, 5) is 12.0. The molecule has 1 unspecified atom stereocenters. The number of anilines is 1. The molecular formula is C15H14ClFN2O. The van der Waals surface area contributed by atoms with Gasteiger partial charge in [-0.15, -0.1) is 0 Å². The maximum Gasteiger partial charge on any atom is 0.251 e. The second-order valence-electron chi connectivity index (χ2n) is 4.49. The van der Waals surface area contributed by atoms with Crippen molar-refractivity contribution in [2.24, 2.45) is 0 Å². The van der Waals surface area contributed by atoms with Gasteiger partial charge in [0.2, 0.25) is 0 Å². The number of hydrogen-bond acceptors (Lipinski definition) is 2. The van der Waals surface area contributed by atoms with Crippen LogP contribution < -0.4 is 11.1 Å². The first-order valence-electron chi connectivity index (χ1n) is 6.08. The lowest BCUT2D eigenvalue weighted by molar-refractivity contribution is 0.0939. The molecule has 0 bridgehead atoms. The Balaban J connectivity index is 2.13. The third kappa shape index (κ3) is 3.27. The van der Waals surface area contributed by atoms with Gasteiger partial charge >= 0.3 is 0 Å². The Labute approximate surface area is 121 Å². The summed E-state index contributed by atoms with van der Waals surface area (Å²) in [7, 11) is 0. The summed E-state index contributed by atoms with van der Waals surface area (Å²) in [5, 5.41) is 3.38. The van der Waals surface area contributed by atoms with Crippen LogP contribution in [0.3, 0.4) is 0 Å². The fourth-order valence-corrected chi connectivity index (χ4v) is 2.01. The van der Waals surface area contributed by atoms with E-state index in [1.807, 2.05) is 19.1 Å². The number of halogens is 2.